The second-order valence-electron chi connectivity index (χ2n) is 8.43. The first kappa shape index (κ1) is 19.5. The molecule has 0 aromatic rings. The molecule has 0 spiro atoms. The molecule has 4 rings (SSSR count). The van der Waals surface area contributed by atoms with Gasteiger partial charge in [-0.15, -0.1) is 0 Å². The van der Waals surface area contributed by atoms with Crippen LogP contribution >= 0.6 is 0 Å². The molecule has 1 unspecified atom stereocenters. The summed E-state index contributed by atoms with van der Waals surface area (Å²) in [4.78, 5) is 1.83. The Morgan fingerprint density at radius 3 is 2.00 bits per heavy atom. The van der Waals surface area contributed by atoms with Crippen LogP contribution < -0.4 is 0 Å². The lowest BCUT2D eigenvalue weighted by molar-refractivity contribution is -0.170. The molecule has 0 heterocycles. The van der Waals surface area contributed by atoms with Crippen molar-refractivity contribution in [3.05, 3.63) is 0 Å². The van der Waals surface area contributed by atoms with Gasteiger partial charge >= 0.3 is 0 Å². The van der Waals surface area contributed by atoms with Crippen molar-refractivity contribution in [1.82, 2.24) is 4.90 Å². The maximum absolute atomic E-state index is 10.0. The van der Waals surface area contributed by atoms with Crippen LogP contribution in [0.25, 0.3) is 0 Å². The summed E-state index contributed by atoms with van der Waals surface area (Å²) in [5.74, 6) is 2.66. The number of nitrogens with zero attached hydrogens (tertiary/aromatic N) is 1. The van der Waals surface area contributed by atoms with E-state index in [-0.39, 0.29) is 25.4 Å². The van der Waals surface area contributed by atoms with E-state index < -0.39 is 6.10 Å². The Morgan fingerprint density at radius 1 is 0.920 bits per heavy atom. The summed E-state index contributed by atoms with van der Waals surface area (Å²) >= 11 is 0. The molecule has 6 nitrogen and oxygen atoms in total. The number of aliphatic hydroxyl groups excluding tert-OH is 3. The molecule has 0 aromatic heterocycles. The number of rotatable bonds is 12. The third-order valence-corrected chi connectivity index (χ3v) is 6.23. The SMILES string of the molecule is OCCN(CCO)CC(O)COCCOC12CC3CC(CC(C3)C1)C2. The van der Waals surface area contributed by atoms with Crippen LogP contribution in [0.4, 0.5) is 0 Å². The van der Waals surface area contributed by atoms with Gasteiger partial charge in [-0.2, -0.15) is 0 Å². The number of ether oxygens (including phenoxy) is 2. The summed E-state index contributed by atoms with van der Waals surface area (Å²) < 4.78 is 11.9. The molecule has 0 amide bonds. The van der Waals surface area contributed by atoms with E-state index in [2.05, 4.69) is 0 Å². The third kappa shape index (κ3) is 5.37. The molecular weight excluding hydrogens is 322 g/mol. The molecule has 4 bridgehead atoms. The zero-order valence-corrected chi connectivity index (χ0v) is 15.3. The van der Waals surface area contributed by atoms with E-state index in [1.54, 1.807) is 0 Å². The molecule has 4 fully saturated rings. The van der Waals surface area contributed by atoms with E-state index in [1.807, 2.05) is 4.90 Å². The largest absolute Gasteiger partial charge is 0.395 e. The molecule has 0 saturated heterocycles. The predicted octanol–water partition coefficient (Wildman–Crippen LogP) is 0.636. The van der Waals surface area contributed by atoms with Gasteiger partial charge in [0.25, 0.3) is 0 Å². The van der Waals surface area contributed by atoms with Gasteiger partial charge in [-0.25, -0.2) is 0 Å². The zero-order chi connectivity index (χ0) is 17.7. The minimum Gasteiger partial charge on any atom is -0.395 e. The van der Waals surface area contributed by atoms with E-state index in [1.165, 1.54) is 38.5 Å². The fourth-order valence-corrected chi connectivity index (χ4v) is 5.67. The number of hydrogen-bond donors (Lipinski definition) is 3. The Labute approximate surface area is 151 Å². The summed E-state index contributed by atoms with van der Waals surface area (Å²) in [7, 11) is 0. The molecule has 0 aliphatic heterocycles. The average Bonchev–Trinajstić information content (AvgIpc) is 2.53. The Balaban J connectivity index is 1.30. The molecule has 4 aliphatic carbocycles. The van der Waals surface area contributed by atoms with Gasteiger partial charge in [-0.05, 0) is 56.3 Å². The molecule has 6 heteroatoms. The van der Waals surface area contributed by atoms with Crippen molar-refractivity contribution in [2.45, 2.75) is 50.2 Å². The van der Waals surface area contributed by atoms with Gasteiger partial charge in [0.15, 0.2) is 0 Å². The molecule has 3 N–H and O–H groups in total. The lowest BCUT2D eigenvalue weighted by Gasteiger charge is -2.56. The van der Waals surface area contributed by atoms with E-state index in [0.717, 1.165) is 17.8 Å². The van der Waals surface area contributed by atoms with Gasteiger partial charge in [0, 0.05) is 19.6 Å². The average molecular weight is 357 g/mol. The maximum Gasteiger partial charge on any atom is 0.0900 e. The molecular formula is C19H35NO5. The highest BCUT2D eigenvalue weighted by molar-refractivity contribution is 5.03. The quantitative estimate of drug-likeness (QED) is 0.445. The van der Waals surface area contributed by atoms with Crippen molar-refractivity contribution in [2.75, 3.05) is 52.7 Å². The lowest BCUT2D eigenvalue weighted by Crippen LogP contribution is -2.52. The van der Waals surface area contributed by atoms with Gasteiger partial charge in [-0.1, -0.05) is 0 Å². The maximum atomic E-state index is 10.0. The molecule has 25 heavy (non-hydrogen) atoms. The van der Waals surface area contributed by atoms with Gasteiger partial charge in [0.1, 0.15) is 0 Å². The van der Waals surface area contributed by atoms with Gasteiger partial charge in [-0.3, -0.25) is 4.90 Å². The first-order valence-electron chi connectivity index (χ1n) is 9.96. The van der Waals surface area contributed by atoms with Crippen LogP contribution in [-0.2, 0) is 9.47 Å². The summed E-state index contributed by atoms with van der Waals surface area (Å²) in [6.45, 7) is 2.72. The summed E-state index contributed by atoms with van der Waals surface area (Å²) in [6, 6.07) is 0. The minimum absolute atomic E-state index is 0.0203. The van der Waals surface area contributed by atoms with Crippen molar-refractivity contribution < 1.29 is 24.8 Å². The normalized spacial score (nSPS) is 34.8. The Hall–Kier alpha value is -0.240. The lowest BCUT2D eigenvalue weighted by atomic mass is 9.54. The van der Waals surface area contributed by atoms with Gasteiger partial charge < -0.3 is 24.8 Å². The fraction of sp³-hybridized carbons (Fsp3) is 1.00. The Morgan fingerprint density at radius 2 is 1.48 bits per heavy atom. The van der Waals surface area contributed by atoms with E-state index in [4.69, 9.17) is 19.7 Å². The fourth-order valence-electron chi connectivity index (χ4n) is 5.67. The van der Waals surface area contributed by atoms with Gasteiger partial charge in [0.05, 0.1) is 44.7 Å². The molecule has 1 atom stereocenters. The van der Waals surface area contributed by atoms with Gasteiger partial charge in [0.2, 0.25) is 0 Å². The van der Waals surface area contributed by atoms with Crippen LogP contribution in [0.15, 0.2) is 0 Å². The van der Waals surface area contributed by atoms with E-state index in [9.17, 15) is 5.11 Å². The van der Waals surface area contributed by atoms with Crippen molar-refractivity contribution in [3.8, 4) is 0 Å². The predicted molar refractivity (Wildman–Crippen MR) is 94.3 cm³/mol. The summed E-state index contributed by atoms with van der Waals surface area (Å²) in [5, 5.41) is 28.0. The standard InChI is InChI=1S/C19H35NO5/c21-3-1-20(2-4-22)13-18(23)14-24-5-6-25-19-10-15-7-16(11-19)9-17(8-15)12-19/h15-18,21-23H,1-14H2. The highest BCUT2D eigenvalue weighted by Gasteiger charge is 2.51. The van der Waals surface area contributed by atoms with Crippen molar-refractivity contribution in [1.29, 1.82) is 0 Å². The van der Waals surface area contributed by atoms with Crippen molar-refractivity contribution >= 4 is 0 Å². The molecule has 0 aromatic carbocycles. The second-order valence-corrected chi connectivity index (χ2v) is 8.43. The number of aliphatic hydroxyl groups is 3. The minimum atomic E-state index is -0.613. The first-order chi connectivity index (χ1) is 12.1. The zero-order valence-electron chi connectivity index (χ0n) is 15.3. The topological polar surface area (TPSA) is 82.4 Å². The van der Waals surface area contributed by atoms with Crippen molar-refractivity contribution in [3.63, 3.8) is 0 Å². The molecule has 4 saturated carbocycles. The third-order valence-electron chi connectivity index (χ3n) is 6.23. The van der Waals surface area contributed by atoms with Crippen LogP contribution in [0.3, 0.4) is 0 Å². The van der Waals surface area contributed by atoms with E-state index >= 15 is 0 Å². The van der Waals surface area contributed by atoms with Crippen LogP contribution in [-0.4, -0.2) is 84.6 Å². The highest BCUT2D eigenvalue weighted by atomic mass is 16.5. The molecule has 4 aliphatic rings. The van der Waals surface area contributed by atoms with Crippen LogP contribution in [0.2, 0.25) is 0 Å². The highest BCUT2D eigenvalue weighted by Crippen LogP contribution is 2.57. The monoisotopic (exact) mass is 357 g/mol. The van der Waals surface area contributed by atoms with Crippen LogP contribution in [0, 0.1) is 17.8 Å². The Bertz CT molecular complexity index is 364. The van der Waals surface area contributed by atoms with Crippen molar-refractivity contribution in [2.24, 2.45) is 17.8 Å². The van der Waals surface area contributed by atoms with Crippen LogP contribution in [0.1, 0.15) is 38.5 Å². The number of hydrogen-bond acceptors (Lipinski definition) is 6. The molecule has 146 valence electrons. The van der Waals surface area contributed by atoms with E-state index in [0.29, 0.717) is 32.8 Å². The summed E-state index contributed by atoms with van der Waals surface area (Å²) in [6.07, 6.45) is 7.35. The van der Waals surface area contributed by atoms with Crippen LogP contribution in [0.5, 0.6) is 0 Å². The molecule has 0 radical (unpaired) electrons. The Kier molecular flexibility index (Phi) is 7.11. The second kappa shape index (κ2) is 9.11. The summed E-state index contributed by atoms with van der Waals surface area (Å²) in [5.41, 5.74) is 0.121. The smallest absolute Gasteiger partial charge is 0.0900 e. The first-order valence-corrected chi connectivity index (χ1v) is 9.96.